The molecule has 1 aromatic carbocycles. The van der Waals surface area contributed by atoms with Crippen LogP contribution in [0.5, 0.6) is 0 Å². The Hall–Kier alpha value is -1.04. The predicted molar refractivity (Wildman–Crippen MR) is 44.4 cm³/mol. The first-order chi connectivity index (χ1) is 6.57. The third-order valence-corrected chi connectivity index (χ3v) is 1.85. The number of aliphatic hydroxyl groups excluding tert-OH is 3. The highest BCUT2D eigenvalue weighted by atomic mass is 19.2. The zero-order valence-electron chi connectivity index (χ0n) is 7.19. The summed E-state index contributed by atoms with van der Waals surface area (Å²) in [7, 11) is 0. The van der Waals surface area contributed by atoms with Crippen molar-refractivity contribution in [3.05, 3.63) is 35.4 Å². The Morgan fingerprint density at radius 3 is 2.43 bits per heavy atom. The molecule has 14 heavy (non-hydrogen) atoms. The molecule has 5 heteroatoms. The maximum absolute atomic E-state index is 13.0. The Morgan fingerprint density at radius 1 is 1.21 bits per heavy atom. The van der Waals surface area contributed by atoms with Crippen LogP contribution >= 0.6 is 0 Å². The van der Waals surface area contributed by atoms with Crippen LogP contribution in [0, 0.1) is 11.6 Å². The molecule has 3 nitrogen and oxygen atoms in total. The maximum Gasteiger partial charge on any atom is 0.164 e. The van der Waals surface area contributed by atoms with Gasteiger partial charge in [0.25, 0.3) is 0 Å². The molecule has 0 fully saturated rings. The lowest BCUT2D eigenvalue weighted by Crippen LogP contribution is -2.23. The third kappa shape index (κ3) is 2.06. The molecular formula is C9H10F2O3. The molecule has 0 saturated carbocycles. The van der Waals surface area contributed by atoms with E-state index in [-0.39, 0.29) is 5.56 Å². The average Bonchev–Trinajstić information content (AvgIpc) is 2.20. The topological polar surface area (TPSA) is 60.7 Å². The van der Waals surface area contributed by atoms with Gasteiger partial charge in [0.1, 0.15) is 12.2 Å². The zero-order chi connectivity index (χ0) is 10.7. The van der Waals surface area contributed by atoms with Gasteiger partial charge in [0.05, 0.1) is 6.61 Å². The van der Waals surface area contributed by atoms with E-state index in [1.807, 2.05) is 0 Å². The molecule has 0 aliphatic heterocycles. The lowest BCUT2D eigenvalue weighted by molar-refractivity contribution is -0.0170. The summed E-state index contributed by atoms with van der Waals surface area (Å²) < 4.78 is 25.7. The maximum atomic E-state index is 13.0. The SMILES string of the molecule is OCC(O)C(O)c1cccc(F)c1F. The van der Waals surface area contributed by atoms with Gasteiger partial charge in [-0.2, -0.15) is 0 Å². The summed E-state index contributed by atoms with van der Waals surface area (Å²) in [5.41, 5.74) is -0.369. The smallest absolute Gasteiger partial charge is 0.164 e. The van der Waals surface area contributed by atoms with Crippen LogP contribution < -0.4 is 0 Å². The van der Waals surface area contributed by atoms with Crippen molar-refractivity contribution in [2.45, 2.75) is 12.2 Å². The number of benzene rings is 1. The third-order valence-electron chi connectivity index (χ3n) is 1.85. The van der Waals surface area contributed by atoms with Gasteiger partial charge in [-0.1, -0.05) is 12.1 Å². The standard InChI is InChI=1S/C9H10F2O3/c10-6-3-1-2-5(8(6)11)9(14)7(13)4-12/h1-3,7,9,12-14H,4H2. The van der Waals surface area contributed by atoms with Gasteiger partial charge in [-0.05, 0) is 6.07 Å². The molecule has 0 radical (unpaired) electrons. The minimum absolute atomic E-state index is 0.369. The van der Waals surface area contributed by atoms with Gasteiger partial charge < -0.3 is 15.3 Å². The minimum atomic E-state index is -1.63. The fourth-order valence-electron chi connectivity index (χ4n) is 1.06. The number of hydrogen-bond donors (Lipinski definition) is 3. The first-order valence-electron chi connectivity index (χ1n) is 3.98. The summed E-state index contributed by atoms with van der Waals surface area (Å²) >= 11 is 0. The molecule has 0 spiro atoms. The lowest BCUT2D eigenvalue weighted by Gasteiger charge is -2.16. The van der Waals surface area contributed by atoms with E-state index in [0.29, 0.717) is 0 Å². The number of aliphatic hydroxyl groups is 3. The summed E-state index contributed by atoms with van der Waals surface area (Å²) in [6.07, 6.45) is -3.15. The van der Waals surface area contributed by atoms with Crippen molar-refractivity contribution in [3.63, 3.8) is 0 Å². The second-order valence-corrected chi connectivity index (χ2v) is 2.84. The van der Waals surface area contributed by atoms with Crippen molar-refractivity contribution in [1.29, 1.82) is 0 Å². The van der Waals surface area contributed by atoms with Crippen LogP contribution in [0.3, 0.4) is 0 Å². The lowest BCUT2D eigenvalue weighted by atomic mass is 10.0. The van der Waals surface area contributed by atoms with E-state index in [9.17, 15) is 13.9 Å². The Morgan fingerprint density at radius 2 is 1.86 bits per heavy atom. The zero-order valence-corrected chi connectivity index (χ0v) is 7.19. The van der Waals surface area contributed by atoms with Crippen molar-refractivity contribution in [3.8, 4) is 0 Å². The average molecular weight is 204 g/mol. The molecule has 0 aliphatic rings. The summed E-state index contributed by atoms with van der Waals surface area (Å²) in [4.78, 5) is 0. The van der Waals surface area contributed by atoms with Crippen molar-refractivity contribution >= 4 is 0 Å². The first kappa shape index (κ1) is 11.0. The van der Waals surface area contributed by atoms with E-state index in [1.165, 1.54) is 6.07 Å². The summed E-state index contributed by atoms with van der Waals surface area (Å²) in [6.45, 7) is -0.725. The molecule has 0 bridgehead atoms. The van der Waals surface area contributed by atoms with Crippen LogP contribution in [-0.2, 0) is 0 Å². The molecule has 1 aromatic rings. The van der Waals surface area contributed by atoms with Crippen LogP contribution in [0.25, 0.3) is 0 Å². The van der Waals surface area contributed by atoms with Crippen LogP contribution in [0.4, 0.5) is 8.78 Å². The van der Waals surface area contributed by atoms with Crippen molar-refractivity contribution in [2.24, 2.45) is 0 Å². The normalized spacial score (nSPS) is 15.2. The summed E-state index contributed by atoms with van der Waals surface area (Å²) in [6, 6.07) is 3.25. The number of halogens is 2. The van der Waals surface area contributed by atoms with Gasteiger partial charge in [-0.25, -0.2) is 8.78 Å². The van der Waals surface area contributed by atoms with E-state index in [1.54, 1.807) is 0 Å². The molecule has 2 unspecified atom stereocenters. The number of hydrogen-bond acceptors (Lipinski definition) is 3. The molecule has 1 rings (SSSR count). The van der Waals surface area contributed by atoms with E-state index < -0.39 is 30.4 Å². The quantitative estimate of drug-likeness (QED) is 0.665. The van der Waals surface area contributed by atoms with E-state index in [4.69, 9.17) is 10.2 Å². The molecule has 0 saturated heterocycles. The van der Waals surface area contributed by atoms with Crippen LogP contribution in [0.15, 0.2) is 18.2 Å². The fraction of sp³-hybridized carbons (Fsp3) is 0.333. The predicted octanol–water partition coefficient (Wildman–Crippen LogP) is 0.351. The van der Waals surface area contributed by atoms with Crippen LogP contribution in [0.2, 0.25) is 0 Å². The molecule has 78 valence electrons. The van der Waals surface area contributed by atoms with Crippen molar-refractivity contribution < 1.29 is 24.1 Å². The summed E-state index contributed by atoms with van der Waals surface area (Å²) in [5, 5.41) is 26.8. The molecule has 0 aromatic heterocycles. The minimum Gasteiger partial charge on any atom is -0.394 e. The molecule has 0 aliphatic carbocycles. The highest BCUT2D eigenvalue weighted by molar-refractivity contribution is 5.22. The van der Waals surface area contributed by atoms with Crippen LogP contribution in [0.1, 0.15) is 11.7 Å². The van der Waals surface area contributed by atoms with E-state index in [2.05, 4.69) is 0 Å². The second kappa shape index (κ2) is 4.45. The molecule has 0 heterocycles. The number of rotatable bonds is 3. The highest BCUT2D eigenvalue weighted by Crippen LogP contribution is 2.21. The second-order valence-electron chi connectivity index (χ2n) is 2.84. The Bertz CT molecular complexity index is 317. The molecule has 2 atom stereocenters. The van der Waals surface area contributed by atoms with Crippen LogP contribution in [-0.4, -0.2) is 28.0 Å². The van der Waals surface area contributed by atoms with Gasteiger partial charge in [-0.3, -0.25) is 0 Å². The van der Waals surface area contributed by atoms with Gasteiger partial charge >= 0.3 is 0 Å². The van der Waals surface area contributed by atoms with E-state index >= 15 is 0 Å². The largest absolute Gasteiger partial charge is 0.394 e. The monoisotopic (exact) mass is 204 g/mol. The van der Waals surface area contributed by atoms with Crippen molar-refractivity contribution in [1.82, 2.24) is 0 Å². The van der Waals surface area contributed by atoms with E-state index in [0.717, 1.165) is 12.1 Å². The molecule has 0 amide bonds. The van der Waals surface area contributed by atoms with Gasteiger partial charge in [0, 0.05) is 5.56 Å². The summed E-state index contributed by atoms with van der Waals surface area (Å²) in [5.74, 6) is -2.32. The Kier molecular flexibility index (Phi) is 3.51. The first-order valence-corrected chi connectivity index (χ1v) is 3.98. The molecular weight excluding hydrogens is 194 g/mol. The Labute approximate surface area is 79.2 Å². The molecule has 3 N–H and O–H groups in total. The van der Waals surface area contributed by atoms with Gasteiger partial charge in [0.2, 0.25) is 0 Å². The van der Waals surface area contributed by atoms with Gasteiger partial charge in [0.15, 0.2) is 11.6 Å². The Balaban J connectivity index is 3.01. The van der Waals surface area contributed by atoms with Crippen molar-refractivity contribution in [2.75, 3.05) is 6.61 Å². The fourth-order valence-corrected chi connectivity index (χ4v) is 1.06. The highest BCUT2D eigenvalue weighted by Gasteiger charge is 2.22. The van der Waals surface area contributed by atoms with Gasteiger partial charge in [-0.15, -0.1) is 0 Å².